The summed E-state index contributed by atoms with van der Waals surface area (Å²) in [7, 11) is 0. The fourth-order valence-electron chi connectivity index (χ4n) is 4.17. The van der Waals surface area contributed by atoms with Gasteiger partial charge >= 0.3 is 0 Å². The zero-order chi connectivity index (χ0) is 23.4. The van der Waals surface area contributed by atoms with Crippen molar-refractivity contribution in [3.63, 3.8) is 0 Å². The number of aromatic nitrogens is 2. The minimum atomic E-state index is -1.78. The van der Waals surface area contributed by atoms with Crippen LogP contribution in [0, 0.1) is 18.3 Å². The lowest BCUT2D eigenvalue weighted by molar-refractivity contribution is -0.115. The van der Waals surface area contributed by atoms with Gasteiger partial charge in [0.15, 0.2) is 5.67 Å². The zero-order valence-corrected chi connectivity index (χ0v) is 18.6. The van der Waals surface area contributed by atoms with Crippen molar-refractivity contribution in [2.24, 2.45) is 0 Å². The summed E-state index contributed by atoms with van der Waals surface area (Å²) >= 11 is 0. The Balaban J connectivity index is 1.62. The molecule has 0 saturated heterocycles. The number of nitrogens with one attached hydrogen (secondary N) is 1. The van der Waals surface area contributed by atoms with Crippen LogP contribution in [-0.2, 0) is 4.79 Å². The van der Waals surface area contributed by atoms with E-state index in [9.17, 15) is 9.18 Å². The SMILES string of the molecule is Cc1ccncc1-c1cc2/c(c(N)n1)=C\CC/C=C(NC(=O)C=C1CCC(F)(C#N)CC1)\C=2. The van der Waals surface area contributed by atoms with Gasteiger partial charge in [0.2, 0.25) is 5.91 Å². The van der Waals surface area contributed by atoms with Gasteiger partial charge in [-0.25, -0.2) is 9.37 Å². The molecular formula is C26H26FN5O. The van der Waals surface area contributed by atoms with Gasteiger partial charge in [-0.3, -0.25) is 9.78 Å². The van der Waals surface area contributed by atoms with Crippen LogP contribution in [0.2, 0.25) is 0 Å². The number of alkyl halides is 1. The van der Waals surface area contributed by atoms with Crippen molar-refractivity contribution >= 4 is 23.9 Å². The van der Waals surface area contributed by atoms with E-state index in [1.54, 1.807) is 18.5 Å². The number of halogens is 1. The fourth-order valence-corrected chi connectivity index (χ4v) is 4.17. The molecular weight excluding hydrogens is 417 g/mol. The fraction of sp³-hybridized carbons (Fsp3) is 0.308. The number of aryl methyl sites for hydroxylation is 1. The van der Waals surface area contributed by atoms with Crippen molar-refractivity contribution in [2.75, 3.05) is 5.73 Å². The molecule has 0 unspecified atom stereocenters. The maximum Gasteiger partial charge on any atom is 0.248 e. The molecule has 168 valence electrons. The van der Waals surface area contributed by atoms with Gasteiger partial charge in [-0.15, -0.1) is 0 Å². The molecule has 0 radical (unpaired) electrons. The second-order valence-electron chi connectivity index (χ2n) is 8.54. The van der Waals surface area contributed by atoms with E-state index in [1.165, 1.54) is 6.08 Å². The lowest BCUT2D eigenvalue weighted by atomic mass is 9.84. The van der Waals surface area contributed by atoms with Crippen LogP contribution in [0.5, 0.6) is 0 Å². The zero-order valence-electron chi connectivity index (χ0n) is 18.6. The summed E-state index contributed by atoms with van der Waals surface area (Å²) in [6.07, 6.45) is 13.6. The third kappa shape index (κ3) is 5.17. The molecule has 0 bridgehead atoms. The quantitative estimate of drug-likeness (QED) is 0.710. The maximum atomic E-state index is 14.1. The molecule has 6 nitrogen and oxygen atoms in total. The van der Waals surface area contributed by atoms with Crippen LogP contribution >= 0.6 is 0 Å². The summed E-state index contributed by atoms with van der Waals surface area (Å²) in [6, 6.07) is 5.62. The average molecular weight is 444 g/mol. The Morgan fingerprint density at radius 1 is 1.30 bits per heavy atom. The smallest absolute Gasteiger partial charge is 0.248 e. The van der Waals surface area contributed by atoms with E-state index in [1.807, 2.05) is 31.2 Å². The number of anilines is 1. The van der Waals surface area contributed by atoms with Gasteiger partial charge in [-0.05, 0) is 74.4 Å². The van der Waals surface area contributed by atoms with Crippen LogP contribution in [0.1, 0.15) is 44.1 Å². The highest BCUT2D eigenvalue weighted by Crippen LogP contribution is 2.34. The summed E-state index contributed by atoms with van der Waals surface area (Å²) in [6.45, 7) is 2.00. The first-order valence-corrected chi connectivity index (χ1v) is 11.1. The normalized spacial score (nSPS) is 23.7. The number of amides is 1. The lowest BCUT2D eigenvalue weighted by Crippen LogP contribution is -2.32. The lowest BCUT2D eigenvalue weighted by Gasteiger charge is -2.24. The highest BCUT2D eigenvalue weighted by atomic mass is 19.1. The minimum absolute atomic E-state index is 0.128. The van der Waals surface area contributed by atoms with Crippen molar-refractivity contribution < 1.29 is 9.18 Å². The average Bonchev–Trinajstić information content (AvgIpc) is 2.78. The predicted octanol–water partition coefficient (Wildman–Crippen LogP) is 3.12. The number of allylic oxidation sites excluding steroid dienone is 3. The second-order valence-corrected chi connectivity index (χ2v) is 8.54. The topological polar surface area (TPSA) is 105 Å². The first-order chi connectivity index (χ1) is 15.9. The monoisotopic (exact) mass is 443 g/mol. The van der Waals surface area contributed by atoms with Crippen molar-refractivity contribution in [1.82, 2.24) is 15.3 Å². The molecule has 2 heterocycles. The molecule has 33 heavy (non-hydrogen) atoms. The van der Waals surface area contributed by atoms with Gasteiger partial charge in [0.05, 0.1) is 5.69 Å². The Hall–Kier alpha value is -3.79. The first kappa shape index (κ1) is 22.4. The number of nitrogen functional groups attached to an aromatic ring is 1. The van der Waals surface area contributed by atoms with E-state index in [4.69, 9.17) is 11.0 Å². The molecule has 2 aliphatic rings. The second kappa shape index (κ2) is 9.37. The van der Waals surface area contributed by atoms with Gasteiger partial charge in [0.25, 0.3) is 0 Å². The Labute approximate surface area is 192 Å². The number of hydrogen-bond acceptors (Lipinski definition) is 5. The number of nitrogens with two attached hydrogens (primary N) is 1. The van der Waals surface area contributed by atoms with Gasteiger partial charge in [-0.2, -0.15) is 5.26 Å². The van der Waals surface area contributed by atoms with Crippen LogP contribution in [0.3, 0.4) is 0 Å². The van der Waals surface area contributed by atoms with Crippen LogP contribution < -0.4 is 21.5 Å². The highest BCUT2D eigenvalue weighted by Gasteiger charge is 2.33. The number of nitriles is 1. The van der Waals surface area contributed by atoms with Gasteiger partial charge in [0.1, 0.15) is 11.9 Å². The molecule has 0 spiro atoms. The standard InChI is InChI=1S/C26H26FN5O/c1-17-8-11-30-15-22(17)23-14-19-13-20(4-2-3-5-21(19)25(29)32-23)31-24(33)12-18-6-9-26(27,16-28)10-7-18/h4-5,8,11-15H,2-3,6-7,9-10H2,1H3,(H2,29,32)(H,31,33)/b18-12?,19-13-,20-4+,21-5+. The van der Waals surface area contributed by atoms with E-state index < -0.39 is 5.67 Å². The largest absolute Gasteiger partial charge is 0.383 e. The van der Waals surface area contributed by atoms with Gasteiger partial charge in [0, 0.05) is 34.9 Å². The number of fused-ring (bicyclic) bond motifs is 1. The number of hydrogen-bond donors (Lipinski definition) is 2. The molecule has 0 atom stereocenters. The molecule has 1 amide bonds. The van der Waals surface area contributed by atoms with Crippen molar-refractivity contribution in [1.29, 1.82) is 5.26 Å². The Morgan fingerprint density at radius 3 is 2.79 bits per heavy atom. The summed E-state index contributed by atoms with van der Waals surface area (Å²) in [5, 5.41) is 13.6. The van der Waals surface area contributed by atoms with Crippen molar-refractivity contribution in [3.05, 3.63) is 63.9 Å². The maximum absolute atomic E-state index is 14.1. The summed E-state index contributed by atoms with van der Waals surface area (Å²) in [5.41, 5.74) is 8.74. The van der Waals surface area contributed by atoms with Crippen LogP contribution in [0.4, 0.5) is 10.2 Å². The molecule has 7 heteroatoms. The van der Waals surface area contributed by atoms with E-state index in [-0.39, 0.29) is 18.7 Å². The molecule has 2 aromatic heterocycles. The minimum Gasteiger partial charge on any atom is -0.383 e. The molecule has 1 saturated carbocycles. The number of nitrogens with zero attached hydrogens (tertiary/aromatic N) is 3. The number of pyridine rings is 2. The summed E-state index contributed by atoms with van der Waals surface area (Å²) in [5.74, 6) is 0.179. The number of carbonyl (C=O) groups excluding carboxylic acids is 1. The van der Waals surface area contributed by atoms with Crippen LogP contribution in [0.15, 0.2) is 47.9 Å². The van der Waals surface area contributed by atoms with Crippen LogP contribution in [-0.4, -0.2) is 21.5 Å². The van der Waals surface area contributed by atoms with Crippen molar-refractivity contribution in [2.45, 2.75) is 51.1 Å². The molecule has 2 aliphatic carbocycles. The summed E-state index contributed by atoms with van der Waals surface area (Å²) in [4.78, 5) is 21.5. The Bertz CT molecular complexity index is 1310. The predicted molar refractivity (Wildman–Crippen MR) is 126 cm³/mol. The molecule has 3 N–H and O–H groups in total. The summed E-state index contributed by atoms with van der Waals surface area (Å²) < 4.78 is 14.1. The molecule has 0 aliphatic heterocycles. The van der Waals surface area contributed by atoms with E-state index in [0.29, 0.717) is 24.4 Å². The van der Waals surface area contributed by atoms with E-state index in [0.717, 1.165) is 45.7 Å². The highest BCUT2D eigenvalue weighted by molar-refractivity contribution is 5.90. The van der Waals surface area contributed by atoms with Gasteiger partial charge < -0.3 is 11.1 Å². The Morgan fingerprint density at radius 2 is 2.06 bits per heavy atom. The third-order valence-electron chi connectivity index (χ3n) is 6.11. The van der Waals surface area contributed by atoms with Crippen LogP contribution in [0.25, 0.3) is 23.4 Å². The first-order valence-electron chi connectivity index (χ1n) is 11.1. The molecule has 1 fully saturated rings. The molecule has 4 rings (SSSR count). The van der Waals surface area contributed by atoms with E-state index in [2.05, 4.69) is 21.4 Å². The third-order valence-corrected chi connectivity index (χ3v) is 6.11. The molecule has 2 aromatic rings. The Kier molecular flexibility index (Phi) is 6.36. The van der Waals surface area contributed by atoms with E-state index >= 15 is 0 Å². The number of carbonyl (C=O) groups is 1. The van der Waals surface area contributed by atoms with Crippen molar-refractivity contribution in [3.8, 4) is 17.3 Å². The number of rotatable bonds is 3. The van der Waals surface area contributed by atoms with Gasteiger partial charge in [-0.1, -0.05) is 17.7 Å². The molecule has 0 aromatic carbocycles.